The molecule has 0 heterocycles. The first kappa shape index (κ1) is 21.8. The molecule has 0 aromatic carbocycles. The Hall–Kier alpha value is -0.370. The van der Waals surface area contributed by atoms with Crippen LogP contribution in [-0.2, 0) is 4.79 Å². The molecule has 0 amide bonds. The molecule has 0 radical (unpaired) electrons. The van der Waals surface area contributed by atoms with Crippen LogP contribution in [0.2, 0.25) is 0 Å². The van der Waals surface area contributed by atoms with Crippen LogP contribution in [0.15, 0.2) is 0 Å². The van der Waals surface area contributed by atoms with Crippen molar-refractivity contribution in [3.63, 3.8) is 0 Å². The molecule has 2 heteroatoms. The van der Waals surface area contributed by atoms with Crippen LogP contribution in [0.4, 0.5) is 0 Å². The van der Waals surface area contributed by atoms with Crippen LogP contribution in [0.1, 0.15) is 105 Å². The maximum absolute atomic E-state index is 13.2. The summed E-state index contributed by atoms with van der Waals surface area (Å²) < 4.78 is 0. The number of rotatable bonds is 5. The molecule has 0 aromatic heterocycles. The van der Waals surface area contributed by atoms with Crippen LogP contribution >= 0.6 is 0 Å². The van der Waals surface area contributed by atoms with Crippen molar-refractivity contribution in [3.05, 3.63) is 0 Å². The molecule has 0 aromatic rings. The fraction of sp³-hybridized carbons (Fsp3) is 0.963. The van der Waals surface area contributed by atoms with Crippen LogP contribution in [0, 0.1) is 52.3 Å². The first-order chi connectivity index (χ1) is 13.7. The summed E-state index contributed by atoms with van der Waals surface area (Å²) in [6.45, 7) is 12.2. The predicted molar refractivity (Wildman–Crippen MR) is 119 cm³/mol. The van der Waals surface area contributed by atoms with Gasteiger partial charge in [-0.2, -0.15) is 0 Å². The number of aliphatic hydroxyl groups is 1. The Morgan fingerprint density at radius 2 is 1.66 bits per heavy atom. The normalized spacial score (nSPS) is 48.2. The second-order valence-electron chi connectivity index (χ2n) is 12.6. The minimum Gasteiger partial charge on any atom is -0.393 e. The van der Waals surface area contributed by atoms with Gasteiger partial charge in [0, 0.05) is 12.3 Å². The molecular formula is C27H46O2. The van der Waals surface area contributed by atoms with Crippen molar-refractivity contribution in [3.8, 4) is 0 Å². The van der Waals surface area contributed by atoms with Gasteiger partial charge in [0.25, 0.3) is 0 Å². The van der Waals surface area contributed by atoms with E-state index in [1.807, 2.05) is 0 Å². The van der Waals surface area contributed by atoms with Gasteiger partial charge in [0.2, 0.25) is 0 Å². The number of carbonyl (C=O) groups is 1. The van der Waals surface area contributed by atoms with E-state index in [2.05, 4.69) is 34.6 Å². The third-order valence-electron chi connectivity index (χ3n) is 10.6. The second-order valence-corrected chi connectivity index (χ2v) is 12.6. The van der Waals surface area contributed by atoms with E-state index in [4.69, 9.17) is 0 Å². The van der Waals surface area contributed by atoms with Crippen molar-refractivity contribution in [2.24, 2.45) is 52.3 Å². The molecule has 0 spiro atoms. The number of aliphatic hydroxyl groups excluding tert-OH is 1. The number of Topliss-reactive ketones (excluding diaryl/α,β-unsaturated/α-hetero) is 1. The van der Waals surface area contributed by atoms with Crippen molar-refractivity contribution in [2.45, 2.75) is 111 Å². The van der Waals surface area contributed by atoms with Gasteiger partial charge in [-0.3, -0.25) is 4.79 Å². The van der Waals surface area contributed by atoms with E-state index in [1.54, 1.807) is 0 Å². The smallest absolute Gasteiger partial charge is 0.136 e. The zero-order valence-corrected chi connectivity index (χ0v) is 19.8. The minimum absolute atomic E-state index is 0.129. The lowest BCUT2D eigenvalue weighted by atomic mass is 9.44. The van der Waals surface area contributed by atoms with Gasteiger partial charge < -0.3 is 5.11 Å². The monoisotopic (exact) mass is 402 g/mol. The lowest BCUT2D eigenvalue weighted by Crippen LogP contribution is -2.57. The number of hydrogen-bond acceptors (Lipinski definition) is 2. The van der Waals surface area contributed by atoms with Gasteiger partial charge in [-0.05, 0) is 91.3 Å². The third kappa shape index (κ3) is 3.64. The summed E-state index contributed by atoms with van der Waals surface area (Å²) in [4.78, 5) is 13.2. The molecule has 0 aliphatic heterocycles. The highest BCUT2D eigenvalue weighted by Crippen LogP contribution is 2.67. The fourth-order valence-corrected chi connectivity index (χ4v) is 9.04. The first-order valence-electron chi connectivity index (χ1n) is 12.9. The van der Waals surface area contributed by atoms with E-state index in [0.717, 1.165) is 49.4 Å². The van der Waals surface area contributed by atoms with Crippen molar-refractivity contribution in [2.75, 3.05) is 0 Å². The second kappa shape index (κ2) is 7.95. The molecule has 1 unspecified atom stereocenters. The molecule has 4 rings (SSSR count). The largest absolute Gasteiger partial charge is 0.393 e. The molecule has 4 aliphatic carbocycles. The SMILES string of the molecule is CC(C)CCC[C@H](C)[C@H]1CC[C@H]2[C@@H]3CC(=O)C4C[C@@H](O)CC[C@@]4(C)[C@H]3CC[C@@]12C. The lowest BCUT2D eigenvalue weighted by molar-refractivity contribution is -0.160. The molecule has 4 fully saturated rings. The Morgan fingerprint density at radius 3 is 2.38 bits per heavy atom. The van der Waals surface area contributed by atoms with Gasteiger partial charge in [-0.15, -0.1) is 0 Å². The van der Waals surface area contributed by atoms with E-state index >= 15 is 0 Å². The predicted octanol–water partition coefficient (Wildman–Crippen LogP) is 6.65. The third-order valence-corrected chi connectivity index (χ3v) is 10.6. The van der Waals surface area contributed by atoms with Crippen LogP contribution in [0.5, 0.6) is 0 Å². The van der Waals surface area contributed by atoms with Gasteiger partial charge in [0.15, 0.2) is 0 Å². The van der Waals surface area contributed by atoms with Crippen LogP contribution < -0.4 is 0 Å². The van der Waals surface area contributed by atoms with Crippen molar-refractivity contribution in [1.82, 2.24) is 0 Å². The van der Waals surface area contributed by atoms with Crippen molar-refractivity contribution < 1.29 is 9.90 Å². The summed E-state index contributed by atoms with van der Waals surface area (Å²) in [5, 5.41) is 10.2. The van der Waals surface area contributed by atoms with Gasteiger partial charge >= 0.3 is 0 Å². The molecule has 2 nitrogen and oxygen atoms in total. The molecule has 166 valence electrons. The van der Waals surface area contributed by atoms with E-state index < -0.39 is 0 Å². The molecule has 0 bridgehead atoms. The molecular weight excluding hydrogens is 356 g/mol. The summed E-state index contributed by atoms with van der Waals surface area (Å²) >= 11 is 0. The topological polar surface area (TPSA) is 37.3 Å². The number of hydrogen-bond donors (Lipinski definition) is 1. The Bertz CT molecular complexity index is 612. The average molecular weight is 403 g/mol. The van der Waals surface area contributed by atoms with Crippen LogP contribution in [0.3, 0.4) is 0 Å². The van der Waals surface area contributed by atoms with Crippen molar-refractivity contribution in [1.29, 1.82) is 0 Å². The Labute approximate surface area is 179 Å². The van der Waals surface area contributed by atoms with E-state index in [9.17, 15) is 9.90 Å². The number of ketones is 1. The van der Waals surface area contributed by atoms with Gasteiger partial charge in [-0.1, -0.05) is 53.9 Å². The molecule has 4 saturated carbocycles. The zero-order chi connectivity index (χ0) is 21.0. The molecule has 29 heavy (non-hydrogen) atoms. The standard InChI is InChI=1S/C27H46O2/c1-17(2)7-6-8-18(3)21-9-10-22-20-16-25(29)24-15-19(28)11-13-27(24,5)23(20)12-14-26(21,22)4/h17-24,28H,6-16H2,1-5H3/t18-,19-,20-,21+,22-,23-,24?,26-,27-/m0/s1. The summed E-state index contributed by atoms with van der Waals surface area (Å²) in [7, 11) is 0. The van der Waals surface area contributed by atoms with Gasteiger partial charge in [0.05, 0.1) is 6.10 Å². The number of carbonyl (C=O) groups excluding carboxylic acids is 1. The van der Waals surface area contributed by atoms with E-state index in [1.165, 1.54) is 44.9 Å². The van der Waals surface area contributed by atoms with Gasteiger partial charge in [-0.25, -0.2) is 0 Å². The Kier molecular flexibility index (Phi) is 5.99. The summed E-state index contributed by atoms with van der Waals surface area (Å²) in [6.07, 6.45) is 12.8. The van der Waals surface area contributed by atoms with Crippen LogP contribution in [0.25, 0.3) is 0 Å². The van der Waals surface area contributed by atoms with Crippen molar-refractivity contribution >= 4 is 5.78 Å². The fourth-order valence-electron chi connectivity index (χ4n) is 9.04. The summed E-state index contributed by atoms with van der Waals surface area (Å²) in [5.74, 6) is 5.21. The Morgan fingerprint density at radius 1 is 0.966 bits per heavy atom. The Balaban J connectivity index is 1.50. The highest BCUT2D eigenvalue weighted by Gasteiger charge is 2.62. The van der Waals surface area contributed by atoms with E-state index in [0.29, 0.717) is 23.0 Å². The molecule has 9 atom stereocenters. The average Bonchev–Trinajstić information content (AvgIpc) is 3.00. The molecule has 0 saturated heterocycles. The summed E-state index contributed by atoms with van der Waals surface area (Å²) in [5.41, 5.74) is 0.609. The maximum Gasteiger partial charge on any atom is 0.136 e. The van der Waals surface area contributed by atoms with E-state index in [-0.39, 0.29) is 17.4 Å². The quantitative estimate of drug-likeness (QED) is 0.559. The maximum atomic E-state index is 13.2. The minimum atomic E-state index is -0.245. The summed E-state index contributed by atoms with van der Waals surface area (Å²) in [6, 6.07) is 0. The highest BCUT2D eigenvalue weighted by atomic mass is 16.3. The lowest BCUT2D eigenvalue weighted by Gasteiger charge is -2.60. The first-order valence-corrected chi connectivity index (χ1v) is 12.9. The van der Waals surface area contributed by atoms with Crippen LogP contribution in [-0.4, -0.2) is 17.0 Å². The molecule has 1 N–H and O–H groups in total. The number of fused-ring (bicyclic) bond motifs is 5. The van der Waals surface area contributed by atoms with Gasteiger partial charge in [0.1, 0.15) is 5.78 Å². The molecule has 4 aliphatic rings. The zero-order valence-electron chi connectivity index (χ0n) is 19.8. The highest BCUT2D eigenvalue weighted by molar-refractivity contribution is 5.83.